The zero-order valence-electron chi connectivity index (χ0n) is 12.1. The SMILES string of the molecule is CNC1CN(c2cc(C)ccc2OC)C(C)(C)C1. The van der Waals surface area contributed by atoms with E-state index in [0.29, 0.717) is 6.04 Å². The molecule has 1 aromatic rings. The van der Waals surface area contributed by atoms with E-state index in [-0.39, 0.29) is 5.54 Å². The lowest BCUT2D eigenvalue weighted by Gasteiger charge is -2.34. The molecular weight excluding hydrogens is 224 g/mol. The molecular formula is C15H24N2O. The van der Waals surface area contributed by atoms with Crippen LogP contribution >= 0.6 is 0 Å². The molecule has 100 valence electrons. The van der Waals surface area contributed by atoms with Crippen LogP contribution in [0.5, 0.6) is 5.75 Å². The van der Waals surface area contributed by atoms with Gasteiger partial charge in [-0.05, 0) is 51.9 Å². The molecule has 1 heterocycles. The molecule has 1 atom stereocenters. The first kappa shape index (κ1) is 13.2. The van der Waals surface area contributed by atoms with E-state index in [1.54, 1.807) is 7.11 Å². The molecule has 0 bridgehead atoms. The van der Waals surface area contributed by atoms with Crippen molar-refractivity contribution in [1.82, 2.24) is 5.32 Å². The van der Waals surface area contributed by atoms with Crippen molar-refractivity contribution in [2.45, 2.75) is 38.8 Å². The summed E-state index contributed by atoms with van der Waals surface area (Å²) >= 11 is 0. The summed E-state index contributed by atoms with van der Waals surface area (Å²) in [4.78, 5) is 2.46. The van der Waals surface area contributed by atoms with Gasteiger partial charge in [-0.25, -0.2) is 0 Å². The maximum atomic E-state index is 5.51. The fourth-order valence-corrected chi connectivity index (χ4v) is 2.87. The van der Waals surface area contributed by atoms with Crippen LogP contribution in [0.1, 0.15) is 25.8 Å². The number of methoxy groups -OCH3 is 1. The third-order valence-electron chi connectivity index (χ3n) is 3.91. The molecule has 1 aliphatic rings. The minimum atomic E-state index is 0.161. The maximum absolute atomic E-state index is 5.51. The lowest BCUT2D eigenvalue weighted by molar-refractivity contribution is 0.409. The van der Waals surface area contributed by atoms with Gasteiger partial charge >= 0.3 is 0 Å². The summed E-state index contributed by atoms with van der Waals surface area (Å²) in [5.41, 5.74) is 2.64. The fourth-order valence-electron chi connectivity index (χ4n) is 2.87. The summed E-state index contributed by atoms with van der Waals surface area (Å²) in [6, 6.07) is 6.93. The molecule has 1 aromatic carbocycles. The van der Waals surface area contributed by atoms with E-state index in [4.69, 9.17) is 4.74 Å². The summed E-state index contributed by atoms with van der Waals surface area (Å²) < 4.78 is 5.51. The zero-order valence-corrected chi connectivity index (χ0v) is 12.1. The molecule has 0 aliphatic carbocycles. The van der Waals surface area contributed by atoms with E-state index >= 15 is 0 Å². The standard InChI is InChI=1S/C15H24N2O/c1-11-6-7-14(18-5)13(8-11)17-10-12(16-4)9-15(17,2)3/h6-8,12,16H,9-10H2,1-5H3. The van der Waals surface area contributed by atoms with Crippen LogP contribution in [0.25, 0.3) is 0 Å². The predicted molar refractivity (Wildman–Crippen MR) is 76.6 cm³/mol. The minimum Gasteiger partial charge on any atom is -0.495 e. The highest BCUT2D eigenvalue weighted by molar-refractivity contribution is 5.62. The Morgan fingerprint density at radius 3 is 2.67 bits per heavy atom. The second-order valence-electron chi connectivity index (χ2n) is 5.79. The summed E-state index contributed by atoms with van der Waals surface area (Å²) in [6.07, 6.45) is 1.15. The maximum Gasteiger partial charge on any atom is 0.142 e. The Bertz CT molecular complexity index is 429. The number of hydrogen-bond donors (Lipinski definition) is 1. The van der Waals surface area contributed by atoms with Crippen LogP contribution in [0.3, 0.4) is 0 Å². The van der Waals surface area contributed by atoms with E-state index in [0.717, 1.165) is 18.7 Å². The van der Waals surface area contributed by atoms with Gasteiger partial charge in [0.15, 0.2) is 0 Å². The van der Waals surface area contributed by atoms with Crippen molar-refractivity contribution in [3.63, 3.8) is 0 Å². The first-order valence-corrected chi connectivity index (χ1v) is 6.57. The average molecular weight is 248 g/mol. The van der Waals surface area contributed by atoms with Gasteiger partial charge in [-0.15, -0.1) is 0 Å². The first-order valence-electron chi connectivity index (χ1n) is 6.57. The number of hydrogen-bond acceptors (Lipinski definition) is 3. The highest BCUT2D eigenvalue weighted by Gasteiger charge is 2.38. The normalized spacial score (nSPS) is 22.3. The molecule has 1 aliphatic heterocycles. The Labute approximate surface area is 110 Å². The molecule has 2 rings (SSSR count). The summed E-state index contributed by atoms with van der Waals surface area (Å²) in [7, 11) is 3.78. The third-order valence-corrected chi connectivity index (χ3v) is 3.91. The van der Waals surface area contributed by atoms with Gasteiger partial charge < -0.3 is 15.0 Å². The molecule has 0 saturated carbocycles. The molecule has 0 radical (unpaired) electrons. The molecule has 1 unspecified atom stereocenters. The smallest absolute Gasteiger partial charge is 0.142 e. The van der Waals surface area contributed by atoms with E-state index in [9.17, 15) is 0 Å². The van der Waals surface area contributed by atoms with E-state index in [1.807, 2.05) is 7.05 Å². The number of nitrogens with one attached hydrogen (secondary N) is 1. The molecule has 0 aromatic heterocycles. The Morgan fingerprint density at radius 1 is 1.39 bits per heavy atom. The Morgan fingerprint density at radius 2 is 2.11 bits per heavy atom. The summed E-state index contributed by atoms with van der Waals surface area (Å²) in [5.74, 6) is 0.963. The number of ether oxygens (including phenoxy) is 1. The number of anilines is 1. The van der Waals surface area contributed by atoms with Crippen molar-refractivity contribution in [3.8, 4) is 5.75 Å². The van der Waals surface area contributed by atoms with Crippen LogP contribution in [0, 0.1) is 6.92 Å². The van der Waals surface area contributed by atoms with Crippen LogP contribution in [0.2, 0.25) is 0 Å². The molecule has 1 saturated heterocycles. The number of likely N-dealkylation sites (N-methyl/N-ethyl adjacent to an activating group) is 1. The molecule has 1 fully saturated rings. The molecule has 1 N–H and O–H groups in total. The van der Waals surface area contributed by atoms with Gasteiger partial charge in [0.05, 0.1) is 12.8 Å². The van der Waals surface area contributed by atoms with Crippen molar-refractivity contribution in [2.24, 2.45) is 0 Å². The van der Waals surface area contributed by atoms with Crippen molar-refractivity contribution < 1.29 is 4.74 Å². The number of nitrogens with zero attached hydrogens (tertiary/aromatic N) is 1. The third kappa shape index (κ3) is 2.32. The first-order chi connectivity index (χ1) is 8.47. The van der Waals surface area contributed by atoms with Gasteiger partial charge in [-0.3, -0.25) is 0 Å². The van der Waals surface area contributed by atoms with Crippen LogP contribution in [0.4, 0.5) is 5.69 Å². The van der Waals surface area contributed by atoms with Gasteiger partial charge in [0.25, 0.3) is 0 Å². The van der Waals surface area contributed by atoms with Crippen LogP contribution in [-0.4, -0.2) is 32.3 Å². The predicted octanol–water partition coefficient (Wildman–Crippen LogP) is 2.58. The number of benzene rings is 1. The minimum absolute atomic E-state index is 0.161. The van der Waals surface area contributed by atoms with Crippen molar-refractivity contribution in [1.29, 1.82) is 0 Å². The lowest BCUT2D eigenvalue weighted by atomic mass is 9.99. The second kappa shape index (κ2) is 4.81. The van der Waals surface area contributed by atoms with Gasteiger partial charge in [-0.1, -0.05) is 6.07 Å². The lowest BCUT2D eigenvalue weighted by Crippen LogP contribution is -2.38. The van der Waals surface area contributed by atoms with E-state index in [2.05, 4.69) is 49.2 Å². The Hall–Kier alpha value is -1.22. The topological polar surface area (TPSA) is 24.5 Å². The monoisotopic (exact) mass is 248 g/mol. The van der Waals surface area contributed by atoms with Crippen LogP contribution in [0.15, 0.2) is 18.2 Å². The zero-order chi connectivity index (χ0) is 13.3. The van der Waals surface area contributed by atoms with Crippen molar-refractivity contribution in [2.75, 3.05) is 25.6 Å². The number of rotatable bonds is 3. The molecule has 18 heavy (non-hydrogen) atoms. The number of aryl methyl sites for hydroxylation is 1. The van der Waals surface area contributed by atoms with Gasteiger partial charge in [0.2, 0.25) is 0 Å². The highest BCUT2D eigenvalue weighted by atomic mass is 16.5. The Kier molecular flexibility index (Phi) is 3.53. The van der Waals surface area contributed by atoms with Crippen LogP contribution < -0.4 is 15.0 Å². The largest absolute Gasteiger partial charge is 0.495 e. The Balaban J connectivity index is 2.39. The van der Waals surface area contributed by atoms with E-state index < -0.39 is 0 Å². The van der Waals surface area contributed by atoms with Crippen molar-refractivity contribution >= 4 is 5.69 Å². The quantitative estimate of drug-likeness (QED) is 0.890. The van der Waals surface area contributed by atoms with Crippen molar-refractivity contribution in [3.05, 3.63) is 23.8 Å². The van der Waals surface area contributed by atoms with Crippen LogP contribution in [-0.2, 0) is 0 Å². The van der Waals surface area contributed by atoms with Gasteiger partial charge in [0, 0.05) is 18.1 Å². The van der Waals surface area contributed by atoms with E-state index in [1.165, 1.54) is 11.3 Å². The fraction of sp³-hybridized carbons (Fsp3) is 0.600. The average Bonchev–Trinajstić information content (AvgIpc) is 2.64. The van der Waals surface area contributed by atoms with Gasteiger partial charge in [0.1, 0.15) is 5.75 Å². The summed E-state index contributed by atoms with van der Waals surface area (Å²) in [5, 5.41) is 3.39. The molecule has 0 spiro atoms. The molecule has 0 amide bonds. The molecule has 3 heteroatoms. The second-order valence-corrected chi connectivity index (χ2v) is 5.79. The van der Waals surface area contributed by atoms with Gasteiger partial charge in [-0.2, -0.15) is 0 Å². The molecule has 3 nitrogen and oxygen atoms in total. The summed E-state index contributed by atoms with van der Waals surface area (Å²) in [6.45, 7) is 7.75. The highest BCUT2D eigenvalue weighted by Crippen LogP contribution is 2.39.